The summed E-state index contributed by atoms with van der Waals surface area (Å²) in [7, 11) is 0. The van der Waals surface area contributed by atoms with Gasteiger partial charge in [-0.05, 0) is 55.7 Å². The Morgan fingerprint density at radius 2 is 0.672 bits per heavy atom. The molecular formula is C57H48IrN9. The van der Waals surface area contributed by atoms with Crippen molar-refractivity contribution >= 4 is 0 Å². The molecule has 0 saturated heterocycles. The molecule has 10 rings (SSSR count). The molecule has 0 radical (unpaired) electrons. The first-order valence-electron chi connectivity index (χ1n) is 22.5. The smallest absolute Gasteiger partial charge is 0.340 e. The predicted octanol–water partition coefficient (Wildman–Crippen LogP) is 11.1. The van der Waals surface area contributed by atoms with E-state index in [1.165, 1.54) is 16.7 Å². The maximum absolute atomic E-state index is 5.04. The third kappa shape index (κ3) is 10.1. The van der Waals surface area contributed by atoms with Crippen LogP contribution in [0.2, 0.25) is 0 Å². The molecule has 330 valence electrons. The maximum Gasteiger partial charge on any atom is 3.00 e. The Bertz CT molecular complexity index is 2880. The van der Waals surface area contributed by atoms with E-state index in [0.29, 0.717) is 19.3 Å². The Labute approximate surface area is 405 Å². The second-order valence-electron chi connectivity index (χ2n) is 16.6. The average molecular weight is 1050 g/mol. The van der Waals surface area contributed by atoms with E-state index >= 15 is 0 Å². The van der Waals surface area contributed by atoms with Crippen molar-refractivity contribution in [2.75, 3.05) is 0 Å². The standard InChI is InChI=1S/C57H48N9.Ir/c1-40-10-4-7-13-49(40)64-37-34-58-55(64)46-25-16-43(17-26-46)22-31-52-61-53(32-23-44-18-27-47(28-19-44)56-59-35-38-65(56)50-14-8-5-11-41(50)2)63-54(62-52)33-24-45-20-29-48(30-21-45)57-60-36-39-66(57)51-15-9-6-12-42(51)3;/h4-21,25,27,29,34-39H,22-24,31-33H2,1-3H3;/q-3;+3. The quantitative estimate of drug-likeness (QED) is 0.0950. The van der Waals surface area contributed by atoms with Crippen molar-refractivity contribution in [1.82, 2.24) is 43.6 Å². The van der Waals surface area contributed by atoms with E-state index in [-0.39, 0.29) is 20.1 Å². The van der Waals surface area contributed by atoms with E-state index < -0.39 is 0 Å². The zero-order chi connectivity index (χ0) is 44.8. The molecule has 10 aromatic rings. The van der Waals surface area contributed by atoms with Gasteiger partial charge in [0, 0.05) is 73.5 Å². The second kappa shape index (κ2) is 20.4. The van der Waals surface area contributed by atoms with Crippen LogP contribution in [0.4, 0.5) is 0 Å². The summed E-state index contributed by atoms with van der Waals surface area (Å²) < 4.78 is 6.37. The number of rotatable bonds is 15. The first kappa shape index (κ1) is 44.8. The molecular weight excluding hydrogens is 1000 g/mol. The van der Waals surface area contributed by atoms with Crippen LogP contribution in [-0.4, -0.2) is 43.6 Å². The molecule has 10 heteroatoms. The van der Waals surface area contributed by atoms with Crippen molar-refractivity contribution in [3.8, 4) is 51.2 Å². The fourth-order valence-corrected chi connectivity index (χ4v) is 8.47. The summed E-state index contributed by atoms with van der Waals surface area (Å²) in [6.45, 7) is 6.35. The number of benzene rings is 6. The third-order valence-corrected chi connectivity index (χ3v) is 12.1. The molecule has 9 nitrogen and oxygen atoms in total. The molecule has 6 aromatic carbocycles. The van der Waals surface area contributed by atoms with Crippen LogP contribution in [0.15, 0.2) is 165 Å². The van der Waals surface area contributed by atoms with Gasteiger partial charge in [0.25, 0.3) is 0 Å². The molecule has 4 heterocycles. The molecule has 0 bridgehead atoms. The van der Waals surface area contributed by atoms with Gasteiger partial charge in [-0.25, -0.2) is 15.0 Å². The minimum atomic E-state index is 0. The normalized spacial score (nSPS) is 11.1. The Morgan fingerprint density at radius 1 is 0.373 bits per heavy atom. The van der Waals surface area contributed by atoms with Gasteiger partial charge in [0.15, 0.2) is 0 Å². The number of aryl methyl sites for hydroxylation is 9. The molecule has 0 aliphatic heterocycles. The fourth-order valence-electron chi connectivity index (χ4n) is 8.47. The maximum atomic E-state index is 5.04. The second-order valence-corrected chi connectivity index (χ2v) is 16.6. The molecule has 0 unspecified atom stereocenters. The van der Waals surface area contributed by atoms with Gasteiger partial charge in [-0.1, -0.05) is 73.9 Å². The van der Waals surface area contributed by atoms with Gasteiger partial charge in [-0.2, -0.15) is 0 Å². The van der Waals surface area contributed by atoms with Crippen LogP contribution in [-0.2, 0) is 58.6 Å². The number of para-hydroxylation sites is 3. The third-order valence-electron chi connectivity index (χ3n) is 12.1. The van der Waals surface area contributed by atoms with Crippen molar-refractivity contribution in [2.24, 2.45) is 0 Å². The van der Waals surface area contributed by atoms with Crippen LogP contribution in [0.1, 0.15) is 50.9 Å². The van der Waals surface area contributed by atoms with Gasteiger partial charge in [-0.15, -0.1) is 106 Å². The monoisotopic (exact) mass is 1050 g/mol. The molecule has 0 spiro atoms. The van der Waals surface area contributed by atoms with Gasteiger partial charge in [-0.3, -0.25) is 15.0 Å². The van der Waals surface area contributed by atoms with Crippen LogP contribution in [0, 0.1) is 39.0 Å². The summed E-state index contributed by atoms with van der Waals surface area (Å²) in [6, 6.07) is 54.5. The molecule has 4 aromatic heterocycles. The van der Waals surface area contributed by atoms with Crippen LogP contribution >= 0.6 is 0 Å². The first-order chi connectivity index (χ1) is 32.4. The van der Waals surface area contributed by atoms with Gasteiger partial charge in [0.2, 0.25) is 0 Å². The summed E-state index contributed by atoms with van der Waals surface area (Å²) in [6.07, 6.45) is 15.9. The minimum absolute atomic E-state index is 0. The molecule has 0 aliphatic carbocycles. The summed E-state index contributed by atoms with van der Waals surface area (Å²) in [5.41, 5.74) is 13.2. The molecule has 67 heavy (non-hydrogen) atoms. The van der Waals surface area contributed by atoms with Crippen LogP contribution in [0.3, 0.4) is 0 Å². The molecule has 0 N–H and O–H groups in total. The topological polar surface area (TPSA) is 92.1 Å². The number of imidazole rings is 3. The SMILES string of the molecule is Cc1ccccc1-n1ccnc1-c1[c-]cc(CCc2nc(CCc3c[c-]c(-c4nccn4-c4ccccc4C)cc3)nc(CCc3c[c-]c(-c4nccn4-c4ccccc4C)cc3)n2)cc1.[Ir+3]. The van der Waals surface area contributed by atoms with Crippen LogP contribution in [0.25, 0.3) is 51.2 Å². The van der Waals surface area contributed by atoms with Gasteiger partial charge in [0.05, 0.1) is 17.5 Å². The van der Waals surface area contributed by atoms with E-state index in [1.807, 2.05) is 37.2 Å². The van der Waals surface area contributed by atoms with Crippen molar-refractivity contribution in [3.05, 3.63) is 234 Å². The van der Waals surface area contributed by atoms with E-state index in [1.54, 1.807) is 0 Å². The first-order valence-corrected chi connectivity index (χ1v) is 22.5. The van der Waals surface area contributed by atoms with E-state index in [0.717, 1.165) is 105 Å². The van der Waals surface area contributed by atoms with Gasteiger partial charge < -0.3 is 13.7 Å². The summed E-state index contributed by atoms with van der Waals surface area (Å²) in [5, 5.41) is 0. The molecule has 0 aliphatic rings. The Hall–Kier alpha value is -7.39. The Kier molecular flexibility index (Phi) is 13.6. The zero-order valence-electron chi connectivity index (χ0n) is 37.7. The van der Waals surface area contributed by atoms with E-state index in [2.05, 4.69) is 195 Å². The number of hydrogen-bond acceptors (Lipinski definition) is 6. The number of hydrogen-bond donors (Lipinski definition) is 0. The summed E-state index contributed by atoms with van der Waals surface area (Å²) in [5.74, 6) is 4.98. The van der Waals surface area contributed by atoms with Crippen LogP contribution < -0.4 is 0 Å². The molecule has 0 fully saturated rings. The van der Waals surface area contributed by atoms with E-state index in [9.17, 15) is 0 Å². The van der Waals surface area contributed by atoms with Gasteiger partial charge in [0.1, 0.15) is 17.5 Å². The molecule has 0 atom stereocenters. The summed E-state index contributed by atoms with van der Waals surface area (Å²) >= 11 is 0. The van der Waals surface area contributed by atoms with Crippen molar-refractivity contribution in [1.29, 1.82) is 0 Å². The Balaban J connectivity index is 0.00000562. The average Bonchev–Trinajstić information content (AvgIpc) is 4.16. The zero-order valence-corrected chi connectivity index (χ0v) is 40.1. The minimum Gasteiger partial charge on any atom is -0.340 e. The van der Waals surface area contributed by atoms with Crippen LogP contribution in [0.5, 0.6) is 0 Å². The summed E-state index contributed by atoms with van der Waals surface area (Å²) in [4.78, 5) is 29.2. The fraction of sp³-hybridized carbons (Fsp3) is 0.158. The largest absolute Gasteiger partial charge is 3.00 e. The van der Waals surface area contributed by atoms with E-state index in [4.69, 9.17) is 15.0 Å². The number of nitrogens with zero attached hydrogens (tertiary/aromatic N) is 9. The Morgan fingerprint density at radius 3 is 0.940 bits per heavy atom. The van der Waals surface area contributed by atoms with Crippen molar-refractivity contribution in [2.45, 2.75) is 59.3 Å². The predicted molar refractivity (Wildman–Crippen MR) is 260 cm³/mol. The van der Waals surface area contributed by atoms with Crippen molar-refractivity contribution in [3.63, 3.8) is 0 Å². The van der Waals surface area contributed by atoms with Gasteiger partial charge >= 0.3 is 20.1 Å². The molecule has 0 amide bonds. The number of aromatic nitrogens is 9. The molecule has 0 saturated carbocycles. The van der Waals surface area contributed by atoms with Crippen molar-refractivity contribution < 1.29 is 20.1 Å².